The highest BCUT2D eigenvalue weighted by Gasteiger charge is 2.32. The Kier molecular flexibility index (Phi) is 8.16. The number of carbonyl (C=O) groups is 1. The van der Waals surface area contributed by atoms with Crippen LogP contribution < -0.4 is 14.5 Å². The fourth-order valence-electron chi connectivity index (χ4n) is 5.76. The molecule has 2 aliphatic heterocycles. The van der Waals surface area contributed by atoms with E-state index in [4.69, 9.17) is 16.5 Å². The predicted octanol–water partition coefficient (Wildman–Crippen LogP) is 6.05. The number of halogens is 1. The summed E-state index contributed by atoms with van der Waals surface area (Å²) in [6.45, 7) is 10.7. The number of carbonyl (C=O) groups excluding carboxylic acids is 1. The number of likely N-dealkylation sites (tertiary alicyclic amines) is 1. The number of benzene rings is 2. The highest BCUT2D eigenvalue weighted by atomic mass is 35.5. The van der Waals surface area contributed by atoms with Gasteiger partial charge in [0, 0.05) is 43.8 Å². The van der Waals surface area contributed by atoms with Crippen molar-refractivity contribution in [3.8, 4) is 5.75 Å². The zero-order valence-corrected chi connectivity index (χ0v) is 25.6. The lowest BCUT2D eigenvalue weighted by Crippen LogP contribution is -2.36. The van der Waals surface area contributed by atoms with Gasteiger partial charge >= 0.3 is 0 Å². The molecule has 218 valence electrons. The molecule has 2 aromatic carbocycles. The molecule has 0 spiro atoms. The standard InChI is InChI=1S/C30H36ClN5O4S/c1-18(2)41(38,39)27-9-7-6-8-26(27)36(31)23-16-32-30(33-17-23)34-25-14-19(3)28(24-15-20(4)40-29(24)25)22-10-12-35(13-11-22)21(5)37/h6-9,14,16-18,20,22H,10-13,15H2,1-5H3,(H,32,33,34). The molecule has 3 heterocycles. The van der Waals surface area contributed by atoms with Crippen LogP contribution >= 0.6 is 11.8 Å². The second-order valence-electron chi connectivity index (χ2n) is 11.1. The fraction of sp³-hybridized carbons (Fsp3) is 0.433. The predicted molar refractivity (Wildman–Crippen MR) is 161 cm³/mol. The number of piperidine rings is 1. The molecule has 1 atom stereocenters. The van der Waals surface area contributed by atoms with Crippen LogP contribution in [0, 0.1) is 6.92 Å². The van der Waals surface area contributed by atoms with Crippen LogP contribution in [-0.2, 0) is 21.1 Å². The summed E-state index contributed by atoms with van der Waals surface area (Å²) in [6.07, 6.45) is 5.86. The molecule has 1 unspecified atom stereocenters. The third-order valence-electron chi connectivity index (χ3n) is 7.90. The average Bonchev–Trinajstić information content (AvgIpc) is 3.34. The molecule has 0 bridgehead atoms. The molecule has 11 heteroatoms. The van der Waals surface area contributed by atoms with Crippen molar-refractivity contribution in [2.24, 2.45) is 0 Å². The topological polar surface area (TPSA) is 105 Å². The number of hydrogen-bond acceptors (Lipinski definition) is 8. The summed E-state index contributed by atoms with van der Waals surface area (Å²) in [6, 6.07) is 8.71. The highest BCUT2D eigenvalue weighted by molar-refractivity contribution is 7.92. The lowest BCUT2D eigenvalue weighted by molar-refractivity contribution is -0.129. The van der Waals surface area contributed by atoms with E-state index < -0.39 is 15.1 Å². The van der Waals surface area contributed by atoms with Gasteiger partial charge in [0.15, 0.2) is 9.84 Å². The fourth-order valence-corrected chi connectivity index (χ4v) is 7.27. The Labute approximate surface area is 246 Å². The van der Waals surface area contributed by atoms with E-state index >= 15 is 0 Å². The minimum Gasteiger partial charge on any atom is -0.488 e. The number of nitrogens with one attached hydrogen (secondary N) is 1. The Morgan fingerprint density at radius 1 is 1.17 bits per heavy atom. The van der Waals surface area contributed by atoms with E-state index in [2.05, 4.69) is 35.2 Å². The normalized spacial score (nSPS) is 17.3. The highest BCUT2D eigenvalue weighted by Crippen LogP contribution is 2.46. The van der Waals surface area contributed by atoms with Crippen LogP contribution in [0.5, 0.6) is 5.75 Å². The van der Waals surface area contributed by atoms with E-state index in [-0.39, 0.29) is 16.9 Å². The summed E-state index contributed by atoms with van der Waals surface area (Å²) < 4.78 is 33.3. The van der Waals surface area contributed by atoms with Gasteiger partial charge in [-0.25, -0.2) is 22.8 Å². The van der Waals surface area contributed by atoms with E-state index in [1.165, 1.54) is 21.1 Å². The van der Waals surface area contributed by atoms with Gasteiger partial charge in [0.05, 0.1) is 39.6 Å². The van der Waals surface area contributed by atoms with Crippen LogP contribution in [-0.4, -0.2) is 53.6 Å². The molecule has 3 aromatic rings. The molecule has 5 rings (SSSR count). The number of aromatic nitrogens is 2. The van der Waals surface area contributed by atoms with Crippen LogP contribution in [0.4, 0.5) is 23.0 Å². The molecule has 0 aliphatic carbocycles. The number of aryl methyl sites for hydroxylation is 1. The van der Waals surface area contributed by atoms with Crippen molar-refractivity contribution < 1.29 is 17.9 Å². The maximum atomic E-state index is 12.9. The second-order valence-corrected chi connectivity index (χ2v) is 13.9. The van der Waals surface area contributed by atoms with Crippen molar-refractivity contribution in [2.45, 2.75) is 76.0 Å². The summed E-state index contributed by atoms with van der Waals surface area (Å²) in [5.41, 5.74) is 5.30. The van der Waals surface area contributed by atoms with Gasteiger partial charge in [-0.05, 0) is 75.8 Å². The molecule has 41 heavy (non-hydrogen) atoms. The minimum atomic E-state index is -3.55. The number of nitrogens with zero attached hydrogens (tertiary/aromatic N) is 4. The molecule has 0 radical (unpaired) electrons. The number of amides is 1. The van der Waals surface area contributed by atoms with Gasteiger partial charge in [0.2, 0.25) is 11.9 Å². The number of sulfone groups is 1. The van der Waals surface area contributed by atoms with E-state index in [9.17, 15) is 13.2 Å². The van der Waals surface area contributed by atoms with Crippen LogP contribution in [0.25, 0.3) is 0 Å². The summed E-state index contributed by atoms with van der Waals surface area (Å²) in [4.78, 5) is 22.8. The van der Waals surface area contributed by atoms with Crippen LogP contribution in [0.15, 0.2) is 47.6 Å². The molecular formula is C30H36ClN5O4S. The van der Waals surface area contributed by atoms with Crippen molar-refractivity contribution in [3.05, 3.63) is 59.4 Å². The van der Waals surface area contributed by atoms with Gasteiger partial charge in [-0.15, -0.1) is 0 Å². The average molecular weight is 598 g/mol. The van der Waals surface area contributed by atoms with Crippen molar-refractivity contribution in [1.29, 1.82) is 0 Å². The van der Waals surface area contributed by atoms with Gasteiger partial charge in [0.1, 0.15) is 11.9 Å². The first-order valence-corrected chi connectivity index (χ1v) is 15.8. The summed E-state index contributed by atoms with van der Waals surface area (Å²) in [5, 5.41) is 2.73. The first-order valence-electron chi connectivity index (χ1n) is 13.9. The van der Waals surface area contributed by atoms with E-state index in [0.717, 1.165) is 43.8 Å². The first kappa shape index (κ1) is 29.1. The molecule has 1 saturated heterocycles. The Balaban J connectivity index is 1.39. The molecule has 1 amide bonds. The number of para-hydroxylation sites is 1. The third kappa shape index (κ3) is 5.72. The SMILES string of the molecule is CC(=O)N1CCC(c2c(C)cc(Nc3ncc(N(Cl)c4ccccc4S(=O)(=O)C(C)C)cn3)c3c2CC(C)O3)CC1. The van der Waals surface area contributed by atoms with Crippen LogP contribution in [0.3, 0.4) is 0 Å². The first-order chi connectivity index (χ1) is 19.5. The van der Waals surface area contributed by atoms with Gasteiger partial charge in [-0.1, -0.05) is 12.1 Å². The zero-order valence-electron chi connectivity index (χ0n) is 24.0. The number of anilines is 4. The van der Waals surface area contributed by atoms with Crippen molar-refractivity contribution in [1.82, 2.24) is 14.9 Å². The molecule has 9 nitrogen and oxygen atoms in total. The van der Waals surface area contributed by atoms with E-state index in [1.54, 1.807) is 57.4 Å². The van der Waals surface area contributed by atoms with Gasteiger partial charge in [0.25, 0.3) is 0 Å². The lowest BCUT2D eigenvalue weighted by atomic mass is 9.82. The molecule has 2 aliphatic rings. The van der Waals surface area contributed by atoms with Gasteiger partial charge < -0.3 is 15.0 Å². The van der Waals surface area contributed by atoms with E-state index in [0.29, 0.717) is 23.2 Å². The largest absolute Gasteiger partial charge is 0.488 e. The Bertz CT molecular complexity index is 1550. The van der Waals surface area contributed by atoms with Gasteiger partial charge in [-0.2, -0.15) is 0 Å². The maximum Gasteiger partial charge on any atom is 0.227 e. The number of fused-ring (bicyclic) bond motifs is 1. The number of hydrogen-bond donors (Lipinski definition) is 1. The van der Waals surface area contributed by atoms with Gasteiger partial charge in [-0.3, -0.25) is 4.79 Å². The molecule has 1 aromatic heterocycles. The van der Waals surface area contributed by atoms with Crippen molar-refractivity contribution >= 4 is 50.5 Å². The Morgan fingerprint density at radius 2 is 1.83 bits per heavy atom. The Hall–Kier alpha value is -3.37. The van der Waals surface area contributed by atoms with E-state index in [1.807, 2.05) is 4.90 Å². The quantitative estimate of drug-likeness (QED) is 0.328. The zero-order chi connectivity index (χ0) is 29.5. The molecule has 0 saturated carbocycles. The Morgan fingerprint density at radius 3 is 2.46 bits per heavy atom. The smallest absolute Gasteiger partial charge is 0.227 e. The van der Waals surface area contributed by atoms with Crippen LogP contribution in [0.2, 0.25) is 0 Å². The minimum absolute atomic E-state index is 0.0543. The summed E-state index contributed by atoms with van der Waals surface area (Å²) >= 11 is 6.62. The number of rotatable bonds is 7. The summed E-state index contributed by atoms with van der Waals surface area (Å²) in [5.74, 6) is 1.71. The molecule has 1 N–H and O–H groups in total. The van der Waals surface area contributed by atoms with Crippen LogP contribution in [0.1, 0.15) is 63.1 Å². The molecule has 1 fully saturated rings. The van der Waals surface area contributed by atoms with Crippen molar-refractivity contribution in [3.63, 3.8) is 0 Å². The second kappa shape index (κ2) is 11.5. The van der Waals surface area contributed by atoms with Crippen molar-refractivity contribution in [2.75, 3.05) is 22.8 Å². The summed E-state index contributed by atoms with van der Waals surface area (Å²) in [7, 11) is -3.55. The monoisotopic (exact) mass is 597 g/mol. The third-order valence-corrected chi connectivity index (χ3v) is 10.5. The number of ether oxygens (including phenoxy) is 1. The maximum absolute atomic E-state index is 12.9. The lowest BCUT2D eigenvalue weighted by Gasteiger charge is -2.33. The molecular weight excluding hydrogens is 562 g/mol.